The summed E-state index contributed by atoms with van der Waals surface area (Å²) in [6.45, 7) is 2.46. The maximum absolute atomic E-state index is 12.6. The lowest BCUT2D eigenvalue weighted by Crippen LogP contribution is -2.38. The van der Waals surface area contributed by atoms with Gasteiger partial charge in [-0.15, -0.1) is 0 Å². The number of aromatic nitrogens is 2. The van der Waals surface area contributed by atoms with Crippen LogP contribution < -0.4 is 10.6 Å². The number of anilines is 1. The molecule has 1 saturated heterocycles. The molecule has 2 amide bonds. The first-order valence-electron chi connectivity index (χ1n) is 9.42. The van der Waals surface area contributed by atoms with Crippen LogP contribution in [0.2, 0.25) is 5.02 Å². The standard InChI is InChI=1S/C20H22ClN5O2/c21-15-5-1-2-6-16(15)24-20(28)17-12-23-18-13-25(10-11-26(17)18)19(27)8-7-14-4-3-9-22-14/h1-2,5-8,12,14,22H,3-4,9-11,13H2,(H,24,28)/b8-7+/t14-/m1/s1. The van der Waals surface area contributed by atoms with Crippen LogP contribution in [0.1, 0.15) is 29.2 Å². The summed E-state index contributed by atoms with van der Waals surface area (Å²) in [6.07, 6.45) is 7.35. The number of imidazole rings is 1. The fourth-order valence-electron chi connectivity index (χ4n) is 3.56. The molecule has 0 radical (unpaired) electrons. The predicted molar refractivity (Wildman–Crippen MR) is 107 cm³/mol. The SMILES string of the molecule is O=C(Nc1ccccc1Cl)c1cnc2n1CCN(C(=O)/C=C/[C@H]1CCCN1)C2. The molecule has 28 heavy (non-hydrogen) atoms. The summed E-state index contributed by atoms with van der Waals surface area (Å²) in [5, 5.41) is 6.64. The molecule has 1 aromatic heterocycles. The van der Waals surface area contributed by atoms with Crippen molar-refractivity contribution < 1.29 is 9.59 Å². The minimum atomic E-state index is -0.265. The lowest BCUT2D eigenvalue weighted by molar-refractivity contribution is -0.127. The molecule has 3 heterocycles. The van der Waals surface area contributed by atoms with Crippen molar-refractivity contribution >= 4 is 29.1 Å². The summed E-state index contributed by atoms with van der Waals surface area (Å²) in [4.78, 5) is 31.2. The van der Waals surface area contributed by atoms with Crippen molar-refractivity contribution in [2.75, 3.05) is 18.4 Å². The molecular weight excluding hydrogens is 378 g/mol. The average molecular weight is 400 g/mol. The van der Waals surface area contributed by atoms with E-state index in [2.05, 4.69) is 15.6 Å². The Kier molecular flexibility index (Phi) is 5.45. The van der Waals surface area contributed by atoms with E-state index in [1.54, 1.807) is 29.3 Å². The van der Waals surface area contributed by atoms with E-state index < -0.39 is 0 Å². The molecule has 7 nitrogen and oxygen atoms in total. The molecule has 1 atom stereocenters. The third-order valence-corrected chi connectivity index (χ3v) is 5.43. The second-order valence-corrected chi connectivity index (χ2v) is 7.37. The molecule has 2 aromatic rings. The van der Waals surface area contributed by atoms with Gasteiger partial charge in [-0.25, -0.2) is 4.98 Å². The van der Waals surface area contributed by atoms with Gasteiger partial charge < -0.3 is 20.1 Å². The van der Waals surface area contributed by atoms with E-state index in [1.165, 1.54) is 0 Å². The van der Waals surface area contributed by atoms with E-state index in [0.29, 0.717) is 41.9 Å². The summed E-state index contributed by atoms with van der Waals surface area (Å²) in [5.74, 6) is 0.417. The molecule has 2 N–H and O–H groups in total. The van der Waals surface area contributed by atoms with E-state index in [4.69, 9.17) is 11.6 Å². The van der Waals surface area contributed by atoms with Crippen LogP contribution in [0.15, 0.2) is 42.6 Å². The monoisotopic (exact) mass is 399 g/mol. The van der Waals surface area contributed by atoms with Crippen LogP contribution in [0.25, 0.3) is 0 Å². The molecule has 0 bridgehead atoms. The van der Waals surface area contributed by atoms with Crippen LogP contribution in [-0.2, 0) is 17.9 Å². The molecule has 146 valence electrons. The Balaban J connectivity index is 1.42. The second kappa shape index (κ2) is 8.16. The summed E-state index contributed by atoms with van der Waals surface area (Å²) in [5.41, 5.74) is 1.02. The first kappa shape index (κ1) is 18.7. The molecule has 2 aliphatic heterocycles. The molecule has 4 rings (SSSR count). The van der Waals surface area contributed by atoms with Gasteiger partial charge in [0.05, 0.1) is 23.5 Å². The molecule has 0 saturated carbocycles. The van der Waals surface area contributed by atoms with E-state index in [-0.39, 0.29) is 17.9 Å². The maximum Gasteiger partial charge on any atom is 0.273 e. The van der Waals surface area contributed by atoms with Crippen molar-refractivity contribution in [3.05, 3.63) is 59.2 Å². The number of hydrogen-bond acceptors (Lipinski definition) is 4. The number of para-hydroxylation sites is 1. The Morgan fingerprint density at radius 3 is 2.93 bits per heavy atom. The third kappa shape index (κ3) is 3.95. The van der Waals surface area contributed by atoms with Crippen LogP contribution in [0, 0.1) is 0 Å². The highest BCUT2D eigenvalue weighted by molar-refractivity contribution is 6.33. The van der Waals surface area contributed by atoms with E-state index >= 15 is 0 Å². The average Bonchev–Trinajstić information content (AvgIpc) is 3.37. The highest BCUT2D eigenvalue weighted by atomic mass is 35.5. The summed E-state index contributed by atoms with van der Waals surface area (Å²) in [7, 11) is 0. The zero-order valence-corrected chi connectivity index (χ0v) is 16.2. The third-order valence-electron chi connectivity index (χ3n) is 5.10. The van der Waals surface area contributed by atoms with Crippen LogP contribution in [0.3, 0.4) is 0 Å². The van der Waals surface area contributed by atoms with Crippen molar-refractivity contribution in [3.8, 4) is 0 Å². The van der Waals surface area contributed by atoms with Crippen LogP contribution in [0.4, 0.5) is 5.69 Å². The quantitative estimate of drug-likeness (QED) is 0.774. The summed E-state index contributed by atoms with van der Waals surface area (Å²) >= 11 is 6.11. The van der Waals surface area contributed by atoms with Crippen molar-refractivity contribution in [2.45, 2.75) is 32.0 Å². The van der Waals surface area contributed by atoms with E-state index in [1.807, 2.05) is 22.8 Å². The van der Waals surface area contributed by atoms with Gasteiger partial charge in [-0.2, -0.15) is 0 Å². The number of benzene rings is 1. The Labute approximate surface area is 168 Å². The van der Waals surface area contributed by atoms with Crippen LogP contribution >= 0.6 is 11.6 Å². The van der Waals surface area contributed by atoms with Crippen molar-refractivity contribution in [3.63, 3.8) is 0 Å². The van der Waals surface area contributed by atoms with Crippen molar-refractivity contribution in [1.29, 1.82) is 0 Å². The number of nitrogens with one attached hydrogen (secondary N) is 2. The first-order chi connectivity index (χ1) is 13.6. The first-order valence-corrected chi connectivity index (χ1v) is 9.80. The lowest BCUT2D eigenvalue weighted by atomic mass is 10.2. The number of halogens is 1. The van der Waals surface area contributed by atoms with Crippen molar-refractivity contribution in [2.24, 2.45) is 0 Å². The Morgan fingerprint density at radius 1 is 1.29 bits per heavy atom. The molecule has 0 unspecified atom stereocenters. The van der Waals surface area contributed by atoms with E-state index in [0.717, 1.165) is 19.4 Å². The molecule has 1 fully saturated rings. The number of rotatable bonds is 4. The minimum absolute atomic E-state index is 0.0231. The van der Waals surface area contributed by atoms with Crippen LogP contribution in [-0.4, -0.2) is 45.4 Å². The minimum Gasteiger partial charge on any atom is -0.330 e. The topological polar surface area (TPSA) is 79.3 Å². The van der Waals surface area contributed by atoms with Gasteiger partial charge in [0.2, 0.25) is 5.91 Å². The number of hydrogen-bond donors (Lipinski definition) is 2. The maximum atomic E-state index is 12.6. The molecule has 8 heteroatoms. The molecule has 0 aliphatic carbocycles. The molecular formula is C20H22ClN5O2. The fraction of sp³-hybridized carbons (Fsp3) is 0.350. The van der Waals surface area contributed by atoms with Gasteiger partial charge in [0.15, 0.2) is 0 Å². The second-order valence-electron chi connectivity index (χ2n) is 6.97. The fourth-order valence-corrected chi connectivity index (χ4v) is 3.74. The summed E-state index contributed by atoms with van der Waals surface area (Å²) in [6, 6.07) is 7.38. The van der Waals surface area contributed by atoms with Gasteiger partial charge in [0.25, 0.3) is 5.91 Å². The number of fused-ring (bicyclic) bond motifs is 1. The highest BCUT2D eigenvalue weighted by Gasteiger charge is 2.25. The number of carbonyl (C=O) groups is 2. The van der Waals surface area contributed by atoms with Gasteiger partial charge in [0, 0.05) is 25.2 Å². The predicted octanol–water partition coefficient (Wildman–Crippen LogP) is 2.44. The highest BCUT2D eigenvalue weighted by Crippen LogP contribution is 2.22. The Morgan fingerprint density at radius 2 is 2.14 bits per heavy atom. The number of amides is 2. The molecule has 0 spiro atoms. The molecule has 1 aromatic carbocycles. The van der Waals surface area contributed by atoms with Gasteiger partial charge in [-0.3, -0.25) is 9.59 Å². The normalized spacial score (nSPS) is 19.0. The number of carbonyl (C=O) groups excluding carboxylic acids is 2. The van der Waals surface area contributed by atoms with Crippen molar-refractivity contribution in [1.82, 2.24) is 19.8 Å². The summed E-state index contributed by atoms with van der Waals surface area (Å²) < 4.78 is 1.86. The Hall–Kier alpha value is -2.64. The van der Waals surface area contributed by atoms with Crippen LogP contribution in [0.5, 0.6) is 0 Å². The zero-order valence-electron chi connectivity index (χ0n) is 15.4. The lowest BCUT2D eigenvalue weighted by Gasteiger charge is -2.27. The molecule has 2 aliphatic rings. The van der Waals surface area contributed by atoms with Gasteiger partial charge >= 0.3 is 0 Å². The smallest absolute Gasteiger partial charge is 0.273 e. The Bertz CT molecular complexity index is 917. The van der Waals surface area contributed by atoms with Gasteiger partial charge in [-0.1, -0.05) is 29.8 Å². The zero-order chi connectivity index (χ0) is 19.5. The van der Waals surface area contributed by atoms with Gasteiger partial charge in [0.1, 0.15) is 11.5 Å². The number of nitrogens with zero attached hydrogens (tertiary/aromatic N) is 3. The largest absolute Gasteiger partial charge is 0.330 e. The van der Waals surface area contributed by atoms with Gasteiger partial charge in [-0.05, 0) is 31.5 Å². The van der Waals surface area contributed by atoms with E-state index in [9.17, 15) is 9.59 Å².